The van der Waals surface area contributed by atoms with Crippen molar-refractivity contribution in [2.75, 3.05) is 13.1 Å². The molecule has 0 radical (unpaired) electrons. The first-order valence-corrected chi connectivity index (χ1v) is 10.5. The van der Waals surface area contributed by atoms with Gasteiger partial charge in [-0.2, -0.15) is 0 Å². The highest BCUT2D eigenvalue weighted by Gasteiger charge is 2.51. The van der Waals surface area contributed by atoms with E-state index in [0.29, 0.717) is 43.7 Å². The van der Waals surface area contributed by atoms with Gasteiger partial charge < -0.3 is 9.64 Å². The van der Waals surface area contributed by atoms with E-state index >= 15 is 0 Å². The Morgan fingerprint density at radius 1 is 0.963 bits per heavy atom. The second-order valence-corrected chi connectivity index (χ2v) is 9.17. The maximum Gasteiger partial charge on any atom is 0.226 e. The Kier molecular flexibility index (Phi) is 4.36. The number of carbonyl (C=O) groups excluding carboxylic acids is 1. The molecule has 1 aromatic carbocycles. The second kappa shape index (κ2) is 6.75. The maximum absolute atomic E-state index is 13.8. The Labute approximate surface area is 159 Å². The first kappa shape index (κ1) is 17.4. The molecule has 0 atom stereocenters. The number of amides is 1. The molecule has 5 aliphatic rings. The van der Waals surface area contributed by atoms with E-state index in [4.69, 9.17) is 4.74 Å². The molecule has 0 spiro atoms. The minimum Gasteiger partial charge on any atom is -0.487 e. The number of nitrogens with zero attached hydrogens (tertiary/aromatic N) is 1. The molecule has 4 bridgehead atoms. The first-order chi connectivity index (χ1) is 13.1. The highest BCUT2D eigenvalue weighted by molar-refractivity contribution is 5.80. The molecule has 1 aliphatic heterocycles. The molecule has 6 rings (SSSR count). The molecule has 5 heteroatoms. The van der Waals surface area contributed by atoms with Crippen molar-refractivity contribution < 1.29 is 18.3 Å². The third-order valence-electron chi connectivity index (χ3n) is 7.45. The number of rotatable bonds is 3. The fraction of sp³-hybridized carbons (Fsp3) is 0.682. The van der Waals surface area contributed by atoms with Gasteiger partial charge in [-0.25, -0.2) is 8.78 Å². The van der Waals surface area contributed by atoms with Gasteiger partial charge in [0.1, 0.15) is 11.9 Å². The van der Waals surface area contributed by atoms with Crippen molar-refractivity contribution >= 4 is 5.91 Å². The van der Waals surface area contributed by atoms with Crippen LogP contribution in [0.2, 0.25) is 0 Å². The first-order valence-electron chi connectivity index (χ1n) is 10.5. The molecule has 1 heterocycles. The number of piperidine rings is 1. The van der Waals surface area contributed by atoms with Gasteiger partial charge in [-0.05, 0) is 67.9 Å². The number of benzene rings is 1. The quantitative estimate of drug-likeness (QED) is 0.783. The molecule has 4 aliphatic carbocycles. The van der Waals surface area contributed by atoms with Crippen LogP contribution < -0.4 is 4.74 Å². The zero-order valence-corrected chi connectivity index (χ0v) is 15.6. The van der Waals surface area contributed by atoms with Gasteiger partial charge in [0.05, 0.1) is 0 Å². The van der Waals surface area contributed by atoms with Gasteiger partial charge >= 0.3 is 0 Å². The van der Waals surface area contributed by atoms with E-state index in [-0.39, 0.29) is 17.8 Å². The molecular weight excluding hydrogens is 348 g/mol. The van der Waals surface area contributed by atoms with E-state index in [1.807, 2.05) is 4.90 Å². The lowest BCUT2D eigenvalue weighted by Crippen LogP contribution is -2.53. The molecule has 1 aromatic rings. The SMILES string of the molecule is O=C(C1C2CC3CC(C2)CC1C3)N1CCC(Oc2ccc(F)cc2F)CC1. The number of hydrogen-bond acceptors (Lipinski definition) is 2. The largest absolute Gasteiger partial charge is 0.487 e. The van der Waals surface area contributed by atoms with Crippen molar-refractivity contribution in [3.63, 3.8) is 0 Å². The monoisotopic (exact) mass is 375 g/mol. The zero-order chi connectivity index (χ0) is 18.5. The summed E-state index contributed by atoms with van der Waals surface area (Å²) in [6, 6.07) is 3.40. The number of ether oxygens (including phenoxy) is 1. The highest BCUT2D eigenvalue weighted by Crippen LogP contribution is 2.56. The lowest BCUT2D eigenvalue weighted by atomic mass is 9.51. The Bertz CT molecular complexity index is 701. The Hall–Kier alpha value is -1.65. The van der Waals surface area contributed by atoms with E-state index in [2.05, 4.69) is 0 Å². The van der Waals surface area contributed by atoms with Crippen LogP contribution in [0.4, 0.5) is 8.78 Å². The van der Waals surface area contributed by atoms with Crippen molar-refractivity contribution in [3.05, 3.63) is 29.8 Å². The third-order valence-corrected chi connectivity index (χ3v) is 7.45. The van der Waals surface area contributed by atoms with Gasteiger partial charge in [0, 0.05) is 37.9 Å². The molecule has 146 valence electrons. The average molecular weight is 375 g/mol. The van der Waals surface area contributed by atoms with Crippen LogP contribution in [0.5, 0.6) is 5.75 Å². The van der Waals surface area contributed by atoms with Crippen LogP contribution in [0.3, 0.4) is 0 Å². The lowest BCUT2D eigenvalue weighted by molar-refractivity contribution is -0.150. The third kappa shape index (κ3) is 3.23. The minimum atomic E-state index is -0.665. The van der Waals surface area contributed by atoms with Crippen molar-refractivity contribution in [3.8, 4) is 5.75 Å². The lowest BCUT2D eigenvalue weighted by Gasteiger charge is -2.54. The molecule has 0 N–H and O–H groups in total. The molecule has 1 saturated heterocycles. The molecule has 27 heavy (non-hydrogen) atoms. The van der Waals surface area contributed by atoms with Crippen LogP contribution in [-0.2, 0) is 4.79 Å². The van der Waals surface area contributed by atoms with Crippen molar-refractivity contribution in [2.45, 2.75) is 51.0 Å². The smallest absolute Gasteiger partial charge is 0.226 e. The van der Waals surface area contributed by atoms with Crippen molar-refractivity contribution in [1.29, 1.82) is 0 Å². The van der Waals surface area contributed by atoms with Crippen LogP contribution >= 0.6 is 0 Å². The summed E-state index contributed by atoms with van der Waals surface area (Å²) in [5.41, 5.74) is 0. The normalized spacial score (nSPS) is 35.5. The summed E-state index contributed by atoms with van der Waals surface area (Å²) in [4.78, 5) is 15.2. The van der Waals surface area contributed by atoms with E-state index < -0.39 is 11.6 Å². The summed E-state index contributed by atoms with van der Waals surface area (Å²) in [6.07, 6.45) is 7.72. The van der Waals surface area contributed by atoms with E-state index in [1.54, 1.807) is 0 Å². The number of likely N-dealkylation sites (tertiary alicyclic amines) is 1. The molecule has 4 saturated carbocycles. The second-order valence-electron chi connectivity index (χ2n) is 9.17. The van der Waals surface area contributed by atoms with Gasteiger partial charge in [-0.3, -0.25) is 4.79 Å². The Morgan fingerprint density at radius 2 is 1.59 bits per heavy atom. The minimum absolute atomic E-state index is 0.0993. The molecular formula is C22H27F2NO2. The molecule has 5 fully saturated rings. The molecule has 1 amide bonds. The van der Waals surface area contributed by atoms with Gasteiger partial charge in [0.25, 0.3) is 0 Å². The van der Waals surface area contributed by atoms with Gasteiger partial charge in [0.15, 0.2) is 11.6 Å². The Morgan fingerprint density at radius 3 is 2.19 bits per heavy atom. The number of carbonyl (C=O) groups is 1. The van der Waals surface area contributed by atoms with Gasteiger partial charge in [-0.1, -0.05) is 0 Å². The fourth-order valence-corrected chi connectivity index (χ4v) is 6.48. The predicted molar refractivity (Wildman–Crippen MR) is 97.1 cm³/mol. The Balaban J connectivity index is 1.19. The standard InChI is InChI=1S/C22H27F2NO2/c23-17-1-2-20(19(24)12-17)27-18-3-5-25(6-4-18)22(26)21-15-8-13-7-14(10-15)11-16(21)9-13/h1-2,12-16,18,21H,3-11H2. The molecule has 0 unspecified atom stereocenters. The predicted octanol–water partition coefficient (Wildman–Crippen LogP) is 4.41. The summed E-state index contributed by atoms with van der Waals surface area (Å²) in [7, 11) is 0. The highest BCUT2D eigenvalue weighted by atomic mass is 19.1. The zero-order valence-electron chi connectivity index (χ0n) is 15.6. The average Bonchev–Trinajstić information content (AvgIpc) is 2.63. The summed E-state index contributed by atoms with van der Waals surface area (Å²) in [5.74, 6) is 2.40. The van der Waals surface area contributed by atoms with Crippen LogP contribution in [0.25, 0.3) is 0 Å². The van der Waals surface area contributed by atoms with E-state index in [0.717, 1.165) is 17.9 Å². The summed E-state index contributed by atoms with van der Waals surface area (Å²) >= 11 is 0. The van der Waals surface area contributed by atoms with Crippen LogP contribution in [-0.4, -0.2) is 30.0 Å². The summed E-state index contributed by atoms with van der Waals surface area (Å²) in [5, 5.41) is 0. The summed E-state index contributed by atoms with van der Waals surface area (Å²) in [6.45, 7) is 1.35. The van der Waals surface area contributed by atoms with Gasteiger partial charge in [-0.15, -0.1) is 0 Å². The van der Waals surface area contributed by atoms with Crippen LogP contribution in [0.1, 0.15) is 44.9 Å². The number of halogens is 2. The van der Waals surface area contributed by atoms with E-state index in [1.165, 1.54) is 44.2 Å². The summed E-state index contributed by atoms with van der Waals surface area (Å²) < 4.78 is 32.5. The molecule has 0 aromatic heterocycles. The van der Waals surface area contributed by atoms with Crippen molar-refractivity contribution in [2.24, 2.45) is 29.6 Å². The van der Waals surface area contributed by atoms with Crippen molar-refractivity contribution in [1.82, 2.24) is 4.90 Å². The maximum atomic E-state index is 13.8. The molecule has 3 nitrogen and oxygen atoms in total. The van der Waals surface area contributed by atoms with Gasteiger partial charge in [0.2, 0.25) is 5.91 Å². The topological polar surface area (TPSA) is 29.5 Å². The van der Waals surface area contributed by atoms with E-state index in [9.17, 15) is 13.6 Å². The van der Waals surface area contributed by atoms with Crippen LogP contribution in [0.15, 0.2) is 18.2 Å². The number of hydrogen-bond donors (Lipinski definition) is 0. The fourth-order valence-electron chi connectivity index (χ4n) is 6.48. The van der Waals surface area contributed by atoms with Crippen LogP contribution in [0, 0.1) is 41.2 Å².